The van der Waals surface area contributed by atoms with Gasteiger partial charge in [-0.1, -0.05) is 0 Å². The Labute approximate surface area is 198 Å². The lowest BCUT2D eigenvalue weighted by atomic mass is 10.1. The number of alkyl halides is 3. The molecule has 1 saturated carbocycles. The molecule has 0 saturated heterocycles. The van der Waals surface area contributed by atoms with E-state index in [1.807, 2.05) is 13.8 Å². The third kappa shape index (κ3) is 5.92. The summed E-state index contributed by atoms with van der Waals surface area (Å²) in [5, 5.41) is 20.4. The molecule has 0 spiro atoms. The van der Waals surface area contributed by atoms with Gasteiger partial charge in [0.1, 0.15) is 11.5 Å². The molecule has 0 radical (unpaired) electrons. The van der Waals surface area contributed by atoms with E-state index in [9.17, 15) is 27.9 Å². The first-order valence-electron chi connectivity index (χ1n) is 10.9. The summed E-state index contributed by atoms with van der Waals surface area (Å²) in [7, 11) is 0. The molecule has 1 heterocycles. The highest BCUT2D eigenvalue weighted by Gasteiger charge is 2.32. The lowest BCUT2D eigenvalue weighted by molar-refractivity contribution is -0.274. The van der Waals surface area contributed by atoms with Crippen LogP contribution in [-0.4, -0.2) is 39.2 Å². The molecule has 1 aromatic heterocycles. The Morgan fingerprint density at radius 2 is 1.80 bits per heavy atom. The maximum Gasteiger partial charge on any atom is 0.573 e. The van der Waals surface area contributed by atoms with Crippen molar-refractivity contribution in [2.45, 2.75) is 45.0 Å². The minimum absolute atomic E-state index is 0.0631. The molecule has 11 heteroatoms. The largest absolute Gasteiger partial charge is 0.573 e. The van der Waals surface area contributed by atoms with Crippen molar-refractivity contribution in [3.8, 4) is 22.8 Å². The zero-order chi connectivity index (χ0) is 25.3. The molecular formula is C24H23F3N4O4. The van der Waals surface area contributed by atoms with Crippen LogP contribution in [0.25, 0.3) is 11.3 Å². The minimum Gasteiger partial charge on any atom is -0.507 e. The zero-order valence-electron chi connectivity index (χ0n) is 18.9. The van der Waals surface area contributed by atoms with E-state index in [1.165, 1.54) is 22.9 Å². The van der Waals surface area contributed by atoms with Crippen molar-refractivity contribution in [2.75, 3.05) is 5.32 Å². The number of anilines is 1. The van der Waals surface area contributed by atoms with Gasteiger partial charge in [-0.2, -0.15) is 9.78 Å². The molecule has 4 rings (SSSR count). The van der Waals surface area contributed by atoms with Gasteiger partial charge in [-0.25, -0.2) is 4.79 Å². The number of carbonyl (C=O) groups is 2. The number of amides is 2. The Morgan fingerprint density at radius 3 is 2.37 bits per heavy atom. The number of hydrogen-bond donors (Lipinski definition) is 3. The summed E-state index contributed by atoms with van der Waals surface area (Å²) in [6, 6.07) is 10.3. The summed E-state index contributed by atoms with van der Waals surface area (Å²) >= 11 is 0. The Bertz CT molecular complexity index is 1250. The molecule has 0 atom stereocenters. The minimum atomic E-state index is -4.82. The molecule has 0 bridgehead atoms. The number of aromatic nitrogens is 2. The van der Waals surface area contributed by atoms with Crippen LogP contribution in [0.2, 0.25) is 0 Å². The SMILES string of the molecule is CC(C)NC(=O)n1nc(-c2ccc(NC(=O)c3ccc(OC(F)(F)F)cc3)cc2O)cc1C1CC1. The van der Waals surface area contributed by atoms with Crippen LogP contribution in [0, 0.1) is 0 Å². The van der Waals surface area contributed by atoms with Crippen molar-refractivity contribution >= 4 is 17.6 Å². The Kier molecular flexibility index (Phi) is 6.42. The second-order valence-electron chi connectivity index (χ2n) is 8.50. The predicted molar refractivity (Wildman–Crippen MR) is 121 cm³/mol. The van der Waals surface area contributed by atoms with Gasteiger partial charge < -0.3 is 20.5 Å². The summed E-state index contributed by atoms with van der Waals surface area (Å²) < 4.78 is 42.0. The van der Waals surface area contributed by atoms with Crippen LogP contribution >= 0.6 is 0 Å². The average Bonchev–Trinajstić information content (AvgIpc) is 3.51. The molecule has 8 nitrogen and oxygen atoms in total. The monoisotopic (exact) mass is 488 g/mol. The van der Waals surface area contributed by atoms with Crippen molar-refractivity contribution in [2.24, 2.45) is 0 Å². The number of hydrogen-bond acceptors (Lipinski definition) is 5. The molecule has 184 valence electrons. The molecule has 1 fully saturated rings. The van der Waals surface area contributed by atoms with E-state index >= 15 is 0 Å². The van der Waals surface area contributed by atoms with Crippen molar-refractivity contribution in [1.82, 2.24) is 15.1 Å². The Hall–Kier alpha value is -4.02. The standard InChI is InChI=1S/C24H23F3N4O4/c1-13(2)28-23(34)31-20(14-3-4-14)12-19(30-31)18-10-7-16(11-21(18)32)29-22(33)15-5-8-17(9-6-15)35-24(25,26)27/h5-14,32H,3-4H2,1-2H3,(H,28,34)(H,29,33). The lowest BCUT2D eigenvalue weighted by Crippen LogP contribution is -2.35. The number of rotatable bonds is 6. The van der Waals surface area contributed by atoms with E-state index in [1.54, 1.807) is 18.2 Å². The Morgan fingerprint density at radius 1 is 1.11 bits per heavy atom. The number of halogens is 3. The second-order valence-corrected chi connectivity index (χ2v) is 8.50. The summed E-state index contributed by atoms with van der Waals surface area (Å²) in [6.07, 6.45) is -2.91. The van der Waals surface area contributed by atoms with Gasteiger partial charge in [0.15, 0.2) is 0 Å². The van der Waals surface area contributed by atoms with Crippen molar-refractivity contribution in [1.29, 1.82) is 0 Å². The lowest BCUT2D eigenvalue weighted by Gasteiger charge is -2.10. The second kappa shape index (κ2) is 9.32. The fraction of sp³-hybridized carbons (Fsp3) is 0.292. The maximum atomic E-state index is 12.6. The Balaban J connectivity index is 1.50. The number of nitrogens with one attached hydrogen (secondary N) is 2. The van der Waals surface area contributed by atoms with E-state index < -0.39 is 18.0 Å². The first-order chi connectivity index (χ1) is 16.5. The van der Waals surface area contributed by atoms with Gasteiger partial charge in [-0.05, 0) is 69.2 Å². The topological polar surface area (TPSA) is 105 Å². The smallest absolute Gasteiger partial charge is 0.507 e. The van der Waals surface area contributed by atoms with Crippen LogP contribution in [0.3, 0.4) is 0 Å². The summed E-state index contributed by atoms with van der Waals surface area (Å²) in [6.45, 7) is 3.70. The fourth-order valence-corrected chi connectivity index (χ4v) is 3.51. The van der Waals surface area contributed by atoms with Crippen LogP contribution in [0.15, 0.2) is 48.5 Å². The van der Waals surface area contributed by atoms with Crippen molar-refractivity contribution < 1.29 is 32.6 Å². The molecule has 35 heavy (non-hydrogen) atoms. The molecule has 0 unspecified atom stereocenters. The summed E-state index contributed by atoms with van der Waals surface area (Å²) in [4.78, 5) is 25.0. The van der Waals surface area contributed by atoms with Crippen molar-refractivity contribution in [3.63, 3.8) is 0 Å². The van der Waals surface area contributed by atoms with Gasteiger partial charge in [0.2, 0.25) is 0 Å². The normalized spacial score (nSPS) is 13.5. The highest BCUT2D eigenvalue weighted by molar-refractivity contribution is 6.04. The van der Waals surface area contributed by atoms with Crippen LogP contribution in [-0.2, 0) is 0 Å². The van der Waals surface area contributed by atoms with Gasteiger partial charge in [0.05, 0.1) is 11.4 Å². The number of aromatic hydroxyl groups is 1. The number of nitrogens with zero attached hydrogens (tertiary/aromatic N) is 2. The predicted octanol–water partition coefficient (Wildman–Crippen LogP) is 5.25. The molecule has 0 aliphatic heterocycles. The average molecular weight is 488 g/mol. The van der Waals surface area contributed by atoms with Gasteiger partial charge in [0.25, 0.3) is 5.91 Å². The van der Waals surface area contributed by atoms with Gasteiger partial charge in [-0.3, -0.25) is 4.79 Å². The van der Waals surface area contributed by atoms with E-state index in [0.717, 1.165) is 30.7 Å². The van der Waals surface area contributed by atoms with Gasteiger partial charge in [-0.15, -0.1) is 13.2 Å². The quantitative estimate of drug-likeness (QED) is 0.440. The van der Waals surface area contributed by atoms with Crippen LogP contribution in [0.4, 0.5) is 23.7 Å². The van der Waals surface area contributed by atoms with Crippen LogP contribution < -0.4 is 15.4 Å². The molecule has 2 amide bonds. The van der Waals surface area contributed by atoms with E-state index in [-0.39, 0.29) is 35.0 Å². The maximum absolute atomic E-state index is 12.6. The number of carbonyl (C=O) groups excluding carboxylic acids is 2. The number of ether oxygens (including phenoxy) is 1. The van der Waals surface area contributed by atoms with E-state index in [4.69, 9.17) is 0 Å². The molecular weight excluding hydrogens is 465 g/mol. The summed E-state index contributed by atoms with van der Waals surface area (Å²) in [5.41, 5.74) is 1.95. The zero-order valence-corrected chi connectivity index (χ0v) is 18.9. The third-order valence-corrected chi connectivity index (χ3v) is 5.22. The van der Waals surface area contributed by atoms with Gasteiger partial charge in [0, 0.05) is 34.8 Å². The molecule has 1 aliphatic rings. The first kappa shape index (κ1) is 24.1. The molecule has 2 aromatic carbocycles. The molecule has 3 N–H and O–H groups in total. The van der Waals surface area contributed by atoms with Crippen LogP contribution in [0.5, 0.6) is 11.5 Å². The third-order valence-electron chi connectivity index (χ3n) is 5.22. The van der Waals surface area contributed by atoms with E-state index in [0.29, 0.717) is 11.3 Å². The number of benzene rings is 2. The van der Waals surface area contributed by atoms with Crippen LogP contribution in [0.1, 0.15) is 48.7 Å². The first-order valence-corrected chi connectivity index (χ1v) is 10.9. The molecule has 3 aromatic rings. The number of phenols is 1. The number of phenolic OH excluding ortho intramolecular Hbond substituents is 1. The molecule has 1 aliphatic carbocycles. The van der Waals surface area contributed by atoms with E-state index in [2.05, 4.69) is 20.5 Å². The van der Waals surface area contributed by atoms with Gasteiger partial charge >= 0.3 is 12.4 Å². The fourth-order valence-electron chi connectivity index (χ4n) is 3.51. The van der Waals surface area contributed by atoms with Crippen molar-refractivity contribution in [3.05, 3.63) is 59.8 Å². The highest BCUT2D eigenvalue weighted by atomic mass is 19.4. The highest BCUT2D eigenvalue weighted by Crippen LogP contribution is 2.42. The summed E-state index contributed by atoms with van der Waals surface area (Å²) in [5.74, 6) is -0.944.